The average molecular weight is 285 g/mol. The average Bonchev–Trinajstić information content (AvgIpc) is 2.78. The van der Waals surface area contributed by atoms with Gasteiger partial charge in [0.05, 0.1) is 5.69 Å². The third-order valence-corrected chi connectivity index (χ3v) is 3.63. The van der Waals surface area contributed by atoms with E-state index in [1.54, 1.807) is 12.1 Å². The minimum Gasteiger partial charge on any atom is -0.294 e. The van der Waals surface area contributed by atoms with Crippen molar-refractivity contribution in [2.24, 2.45) is 0 Å². The monoisotopic (exact) mass is 285 g/mol. The molecular formula is C16H16FN3O. The third kappa shape index (κ3) is 2.46. The number of benzene rings is 1. The van der Waals surface area contributed by atoms with Crippen LogP contribution in [0, 0.1) is 12.7 Å². The number of aromatic amines is 1. The quantitative estimate of drug-likeness (QED) is 0.804. The van der Waals surface area contributed by atoms with Crippen LogP contribution in [0.5, 0.6) is 0 Å². The molecule has 0 aliphatic heterocycles. The van der Waals surface area contributed by atoms with Gasteiger partial charge in [0.1, 0.15) is 5.82 Å². The van der Waals surface area contributed by atoms with E-state index in [2.05, 4.69) is 10.1 Å². The Morgan fingerprint density at radius 1 is 1.29 bits per heavy atom. The number of fused-ring (bicyclic) bond motifs is 1. The van der Waals surface area contributed by atoms with Crippen LogP contribution >= 0.6 is 0 Å². The number of nitrogens with zero attached hydrogens (tertiary/aromatic N) is 2. The molecule has 4 nitrogen and oxygen atoms in total. The zero-order chi connectivity index (χ0) is 15.0. The maximum absolute atomic E-state index is 12.9. The SMILES string of the molecule is CCc1c(C)[nH]n2c(=O)cc(Cc3ccc(F)cc3)nc12. The number of aromatic nitrogens is 3. The molecule has 2 aromatic heterocycles. The molecule has 0 spiro atoms. The van der Waals surface area contributed by atoms with Crippen LogP contribution in [0.4, 0.5) is 4.39 Å². The molecule has 108 valence electrons. The number of hydrogen-bond acceptors (Lipinski definition) is 2. The zero-order valence-corrected chi connectivity index (χ0v) is 12.0. The van der Waals surface area contributed by atoms with E-state index in [9.17, 15) is 9.18 Å². The van der Waals surface area contributed by atoms with Crippen molar-refractivity contribution >= 4 is 5.65 Å². The number of halogens is 1. The number of rotatable bonds is 3. The minimum absolute atomic E-state index is 0.125. The minimum atomic E-state index is -0.267. The molecule has 0 atom stereocenters. The topological polar surface area (TPSA) is 50.2 Å². The largest absolute Gasteiger partial charge is 0.294 e. The first-order chi connectivity index (χ1) is 10.1. The lowest BCUT2D eigenvalue weighted by Crippen LogP contribution is -2.16. The van der Waals surface area contributed by atoms with Gasteiger partial charge in [0.2, 0.25) is 0 Å². The lowest BCUT2D eigenvalue weighted by atomic mass is 10.1. The first kappa shape index (κ1) is 13.5. The van der Waals surface area contributed by atoms with Crippen molar-refractivity contribution in [1.29, 1.82) is 0 Å². The molecule has 0 amide bonds. The summed E-state index contributed by atoms with van der Waals surface area (Å²) in [6, 6.07) is 7.77. The summed E-state index contributed by atoms with van der Waals surface area (Å²) in [7, 11) is 0. The lowest BCUT2D eigenvalue weighted by Gasteiger charge is -2.02. The molecule has 21 heavy (non-hydrogen) atoms. The van der Waals surface area contributed by atoms with Crippen LogP contribution in [-0.4, -0.2) is 14.6 Å². The van der Waals surface area contributed by atoms with E-state index in [1.807, 2.05) is 13.8 Å². The first-order valence-corrected chi connectivity index (χ1v) is 6.93. The Labute approximate surface area is 121 Å². The second-order valence-corrected chi connectivity index (χ2v) is 5.12. The van der Waals surface area contributed by atoms with Crippen LogP contribution in [-0.2, 0) is 12.8 Å². The molecule has 0 saturated carbocycles. The van der Waals surface area contributed by atoms with Crippen LogP contribution in [0.25, 0.3) is 5.65 Å². The number of hydrogen-bond donors (Lipinski definition) is 1. The van der Waals surface area contributed by atoms with Crippen molar-refractivity contribution in [2.45, 2.75) is 26.7 Å². The van der Waals surface area contributed by atoms with Crippen LogP contribution in [0.15, 0.2) is 35.1 Å². The van der Waals surface area contributed by atoms with Gasteiger partial charge in [0.25, 0.3) is 5.56 Å². The Balaban J connectivity index is 2.07. The lowest BCUT2D eigenvalue weighted by molar-refractivity contribution is 0.627. The summed E-state index contributed by atoms with van der Waals surface area (Å²) in [5.41, 5.74) is 4.19. The van der Waals surface area contributed by atoms with Gasteiger partial charge in [-0.25, -0.2) is 13.9 Å². The molecule has 0 aliphatic rings. The van der Waals surface area contributed by atoms with Gasteiger partial charge in [0.15, 0.2) is 5.65 Å². The highest BCUT2D eigenvalue weighted by molar-refractivity contribution is 5.50. The van der Waals surface area contributed by atoms with Gasteiger partial charge in [0, 0.05) is 23.7 Å². The molecule has 0 bridgehead atoms. The summed E-state index contributed by atoms with van der Waals surface area (Å²) >= 11 is 0. The number of nitrogens with one attached hydrogen (secondary N) is 1. The molecule has 1 aromatic carbocycles. The molecule has 1 N–H and O–H groups in total. The predicted molar refractivity (Wildman–Crippen MR) is 79.1 cm³/mol. The maximum Gasteiger partial charge on any atom is 0.272 e. The van der Waals surface area contributed by atoms with E-state index < -0.39 is 0 Å². The highest BCUT2D eigenvalue weighted by Crippen LogP contribution is 2.14. The van der Waals surface area contributed by atoms with Gasteiger partial charge in [-0.2, -0.15) is 0 Å². The van der Waals surface area contributed by atoms with Crippen LogP contribution in [0.3, 0.4) is 0 Å². The highest BCUT2D eigenvalue weighted by Gasteiger charge is 2.11. The Morgan fingerprint density at radius 2 is 2.00 bits per heavy atom. The predicted octanol–water partition coefficient (Wildman–Crippen LogP) is 2.62. The van der Waals surface area contributed by atoms with Crippen molar-refractivity contribution in [3.8, 4) is 0 Å². The van der Waals surface area contributed by atoms with Crippen molar-refractivity contribution in [3.05, 3.63) is 69.0 Å². The summed E-state index contributed by atoms with van der Waals surface area (Å²) in [6.45, 7) is 3.97. The summed E-state index contributed by atoms with van der Waals surface area (Å²) < 4.78 is 14.4. The number of H-pyrrole nitrogens is 1. The van der Waals surface area contributed by atoms with E-state index in [0.717, 1.165) is 23.2 Å². The molecule has 2 heterocycles. The fourth-order valence-electron chi connectivity index (χ4n) is 2.57. The van der Waals surface area contributed by atoms with Crippen LogP contribution < -0.4 is 5.56 Å². The van der Waals surface area contributed by atoms with Gasteiger partial charge in [-0.3, -0.25) is 9.89 Å². The molecule has 0 saturated heterocycles. The third-order valence-electron chi connectivity index (χ3n) is 3.63. The number of aryl methyl sites for hydroxylation is 2. The molecule has 3 rings (SSSR count). The van der Waals surface area contributed by atoms with E-state index in [4.69, 9.17) is 0 Å². The molecule has 0 unspecified atom stereocenters. The molecule has 3 aromatic rings. The van der Waals surface area contributed by atoms with Gasteiger partial charge in [-0.1, -0.05) is 19.1 Å². The maximum atomic E-state index is 12.9. The summed E-state index contributed by atoms with van der Waals surface area (Å²) in [5.74, 6) is -0.267. The van der Waals surface area contributed by atoms with E-state index in [1.165, 1.54) is 22.7 Å². The Bertz CT molecular complexity index is 846. The fraction of sp³-hybridized carbons (Fsp3) is 0.250. The zero-order valence-electron chi connectivity index (χ0n) is 12.0. The molecule has 0 aliphatic carbocycles. The van der Waals surface area contributed by atoms with Gasteiger partial charge < -0.3 is 0 Å². The van der Waals surface area contributed by atoms with Crippen molar-refractivity contribution in [2.75, 3.05) is 0 Å². The van der Waals surface area contributed by atoms with Gasteiger partial charge in [-0.05, 0) is 31.0 Å². The molecular weight excluding hydrogens is 269 g/mol. The Kier molecular flexibility index (Phi) is 3.33. The van der Waals surface area contributed by atoms with E-state index >= 15 is 0 Å². The van der Waals surface area contributed by atoms with Crippen LogP contribution in [0.2, 0.25) is 0 Å². The molecule has 5 heteroatoms. The fourth-order valence-corrected chi connectivity index (χ4v) is 2.57. The van der Waals surface area contributed by atoms with Crippen molar-refractivity contribution in [3.63, 3.8) is 0 Å². The smallest absolute Gasteiger partial charge is 0.272 e. The van der Waals surface area contributed by atoms with Crippen LogP contribution in [0.1, 0.15) is 29.4 Å². The van der Waals surface area contributed by atoms with Crippen molar-refractivity contribution < 1.29 is 4.39 Å². The molecule has 0 fully saturated rings. The van der Waals surface area contributed by atoms with Crippen molar-refractivity contribution in [1.82, 2.24) is 14.6 Å². The highest BCUT2D eigenvalue weighted by atomic mass is 19.1. The second-order valence-electron chi connectivity index (χ2n) is 5.12. The normalized spacial score (nSPS) is 11.2. The van der Waals surface area contributed by atoms with Gasteiger partial charge >= 0.3 is 0 Å². The molecule has 0 radical (unpaired) electrons. The first-order valence-electron chi connectivity index (χ1n) is 6.93. The second kappa shape index (κ2) is 5.16. The van der Waals surface area contributed by atoms with E-state index in [0.29, 0.717) is 17.8 Å². The Hall–Kier alpha value is -2.43. The van der Waals surface area contributed by atoms with E-state index in [-0.39, 0.29) is 11.4 Å². The summed E-state index contributed by atoms with van der Waals surface area (Å²) in [6.07, 6.45) is 1.32. The Morgan fingerprint density at radius 3 is 2.67 bits per heavy atom. The summed E-state index contributed by atoms with van der Waals surface area (Å²) in [5, 5.41) is 3.04. The standard InChI is InChI=1S/C16H16FN3O/c1-3-14-10(2)19-20-15(21)9-13(18-16(14)20)8-11-4-6-12(17)7-5-11/h4-7,9,19H,3,8H2,1-2H3. The van der Waals surface area contributed by atoms with Gasteiger partial charge in [-0.15, -0.1) is 0 Å². The summed E-state index contributed by atoms with van der Waals surface area (Å²) in [4.78, 5) is 16.7.